The van der Waals surface area contributed by atoms with Gasteiger partial charge < -0.3 is 4.90 Å². The lowest BCUT2D eigenvalue weighted by Crippen LogP contribution is -2.28. The summed E-state index contributed by atoms with van der Waals surface area (Å²) in [6.45, 7) is 2.11. The van der Waals surface area contributed by atoms with Gasteiger partial charge in [0, 0.05) is 18.4 Å². The summed E-state index contributed by atoms with van der Waals surface area (Å²) in [7, 11) is 2.16. The number of para-hydroxylation sites is 1. The van der Waals surface area contributed by atoms with E-state index in [-0.39, 0.29) is 0 Å². The van der Waals surface area contributed by atoms with E-state index in [4.69, 9.17) is 0 Å². The fourth-order valence-corrected chi connectivity index (χ4v) is 7.73. The third-order valence-electron chi connectivity index (χ3n) is 10.2. The van der Waals surface area contributed by atoms with Crippen LogP contribution in [0.5, 0.6) is 0 Å². The van der Waals surface area contributed by atoms with Gasteiger partial charge in [-0.05, 0) is 86.3 Å². The predicted octanol–water partition coefficient (Wildman–Crippen LogP) is 12.3. The number of fused-ring (bicyclic) bond motifs is 3. The number of anilines is 1. The second kappa shape index (κ2) is 13.4. The molecule has 0 bridgehead atoms. The monoisotopic (exact) mass is 641 g/mol. The Morgan fingerprint density at radius 2 is 0.920 bits per heavy atom. The molecule has 7 aromatic rings. The molecule has 0 N–H and O–H groups in total. The topological polar surface area (TPSA) is 3.24 Å². The summed E-state index contributed by atoms with van der Waals surface area (Å²) >= 11 is 0. The number of hydrogen-bond donors (Lipinski definition) is 0. The van der Waals surface area contributed by atoms with Crippen LogP contribution in [0.4, 0.5) is 5.69 Å². The van der Waals surface area contributed by atoms with E-state index >= 15 is 0 Å². The molecule has 1 nitrogen and oxygen atoms in total. The number of rotatable bonds is 8. The number of hydrogen-bond acceptors (Lipinski definition) is 1. The molecule has 0 radical (unpaired) electrons. The first kappa shape index (κ1) is 31.1. The van der Waals surface area contributed by atoms with Crippen LogP contribution in [0, 0.1) is 0 Å². The van der Waals surface area contributed by atoms with Gasteiger partial charge in [-0.15, -0.1) is 0 Å². The summed E-state index contributed by atoms with van der Waals surface area (Å²) in [4.78, 5) is 2.29. The summed E-state index contributed by atoms with van der Waals surface area (Å²) in [5.74, 6) is 0. The van der Waals surface area contributed by atoms with Crippen molar-refractivity contribution in [1.29, 1.82) is 0 Å². The lowest BCUT2D eigenvalue weighted by Gasteiger charge is -2.34. The molecule has 0 aliphatic heterocycles. The van der Waals surface area contributed by atoms with Crippen LogP contribution in [0.25, 0.3) is 33.5 Å². The van der Waals surface area contributed by atoms with Crippen molar-refractivity contribution in [2.45, 2.75) is 12.3 Å². The smallest absolute Gasteiger partial charge is 0.0713 e. The van der Waals surface area contributed by atoms with Crippen LogP contribution in [-0.2, 0) is 5.41 Å². The average Bonchev–Trinajstić information content (AvgIpc) is 3.50. The highest BCUT2D eigenvalue weighted by molar-refractivity contribution is 5.90. The Bertz CT molecular complexity index is 2250. The highest BCUT2D eigenvalue weighted by atomic mass is 15.1. The summed E-state index contributed by atoms with van der Waals surface area (Å²) < 4.78 is 0. The van der Waals surface area contributed by atoms with Gasteiger partial charge in [0.05, 0.1) is 5.41 Å². The maximum atomic E-state index is 2.35. The van der Waals surface area contributed by atoms with Crippen molar-refractivity contribution in [2.75, 3.05) is 11.9 Å². The maximum absolute atomic E-state index is 2.35. The van der Waals surface area contributed by atoms with E-state index in [9.17, 15) is 0 Å². The Morgan fingerprint density at radius 1 is 0.460 bits per heavy atom. The minimum atomic E-state index is -0.464. The zero-order chi connectivity index (χ0) is 33.9. The van der Waals surface area contributed by atoms with Crippen LogP contribution in [0.2, 0.25) is 0 Å². The van der Waals surface area contributed by atoms with E-state index < -0.39 is 5.41 Å². The first-order valence-corrected chi connectivity index (χ1v) is 17.4. The largest absolute Gasteiger partial charge is 0.344 e. The molecule has 0 saturated heterocycles. The first-order valence-electron chi connectivity index (χ1n) is 17.4. The van der Waals surface area contributed by atoms with Crippen molar-refractivity contribution in [3.05, 3.63) is 234 Å². The Balaban J connectivity index is 1.30. The van der Waals surface area contributed by atoms with Crippen LogP contribution in [0.15, 0.2) is 200 Å². The molecule has 0 unspecified atom stereocenters. The SMILES string of the molecule is C/C=C(\C=C(\c1ccc(C2(c3ccc(-c4ccccc4)cc3)c3ccccc3-c3ccccc32)cc1)N(C)c1ccccc1)c1ccccc1. The lowest BCUT2D eigenvalue weighted by atomic mass is 9.67. The molecule has 0 amide bonds. The predicted molar refractivity (Wildman–Crippen MR) is 212 cm³/mol. The molecule has 1 aliphatic carbocycles. The molecule has 1 heteroatoms. The van der Waals surface area contributed by atoms with Crippen LogP contribution in [-0.4, -0.2) is 7.05 Å². The molecule has 8 rings (SSSR count). The lowest BCUT2D eigenvalue weighted by molar-refractivity contribution is 0.768. The fourth-order valence-electron chi connectivity index (χ4n) is 7.73. The Morgan fingerprint density at radius 3 is 1.48 bits per heavy atom. The van der Waals surface area contributed by atoms with Crippen molar-refractivity contribution in [2.24, 2.45) is 0 Å². The zero-order valence-electron chi connectivity index (χ0n) is 28.5. The number of benzene rings is 7. The molecule has 1 aliphatic rings. The molecule has 0 saturated carbocycles. The van der Waals surface area contributed by atoms with E-state index in [2.05, 4.69) is 219 Å². The van der Waals surface area contributed by atoms with Gasteiger partial charge >= 0.3 is 0 Å². The van der Waals surface area contributed by atoms with E-state index in [1.807, 2.05) is 0 Å². The molecular weight excluding hydrogens is 603 g/mol. The molecule has 0 heterocycles. The third-order valence-corrected chi connectivity index (χ3v) is 10.2. The normalized spacial score (nSPS) is 13.4. The summed E-state index contributed by atoms with van der Waals surface area (Å²) in [5, 5.41) is 0. The van der Waals surface area contributed by atoms with Gasteiger partial charge in [0.15, 0.2) is 0 Å². The average molecular weight is 642 g/mol. The highest BCUT2D eigenvalue weighted by Crippen LogP contribution is 2.56. The van der Waals surface area contributed by atoms with E-state index in [0.29, 0.717) is 0 Å². The number of nitrogens with zero attached hydrogens (tertiary/aromatic N) is 1. The standard InChI is InChI=1S/C49H39N/c1-3-36(37-17-7-4-8-18-37)35-48(50(2)43-21-11-6-12-22-43)40-29-33-42(34-30-40)49(41-31-27-39(28-32-41)38-19-9-5-10-20-38)46-25-15-13-23-44(46)45-24-14-16-26-47(45)49/h3-35H,1-2H3/b36-3+,48-35-. The van der Waals surface area contributed by atoms with Gasteiger partial charge in [0.1, 0.15) is 0 Å². The van der Waals surface area contributed by atoms with Crippen LogP contribution >= 0.6 is 0 Å². The quantitative estimate of drug-likeness (QED) is 0.149. The minimum absolute atomic E-state index is 0.464. The Labute approximate surface area is 296 Å². The van der Waals surface area contributed by atoms with Gasteiger partial charge in [0.2, 0.25) is 0 Å². The molecular formula is C49H39N. The maximum Gasteiger partial charge on any atom is 0.0713 e. The molecule has 0 atom stereocenters. The molecule has 0 fully saturated rings. The minimum Gasteiger partial charge on any atom is -0.344 e. The van der Waals surface area contributed by atoms with Gasteiger partial charge in [-0.2, -0.15) is 0 Å². The summed E-state index contributed by atoms with van der Waals surface area (Å²) in [6, 6.07) is 68.3. The van der Waals surface area contributed by atoms with Crippen molar-refractivity contribution in [3.63, 3.8) is 0 Å². The fraction of sp³-hybridized carbons (Fsp3) is 0.0612. The zero-order valence-corrected chi connectivity index (χ0v) is 28.5. The van der Waals surface area contributed by atoms with E-state index in [0.717, 1.165) is 16.9 Å². The Hall–Kier alpha value is -6.18. The van der Waals surface area contributed by atoms with Crippen LogP contribution < -0.4 is 4.90 Å². The number of allylic oxidation sites excluding steroid dienone is 3. The Kier molecular flexibility index (Phi) is 8.32. The second-order valence-corrected chi connectivity index (χ2v) is 12.9. The second-order valence-electron chi connectivity index (χ2n) is 12.9. The molecule has 50 heavy (non-hydrogen) atoms. The van der Waals surface area contributed by atoms with Crippen molar-refractivity contribution in [3.8, 4) is 22.3 Å². The van der Waals surface area contributed by atoms with Gasteiger partial charge in [-0.3, -0.25) is 0 Å². The highest BCUT2D eigenvalue weighted by Gasteiger charge is 2.45. The van der Waals surface area contributed by atoms with E-state index in [1.54, 1.807) is 0 Å². The third kappa shape index (κ3) is 5.38. The van der Waals surface area contributed by atoms with Crippen LogP contribution in [0.1, 0.15) is 40.3 Å². The first-order chi connectivity index (χ1) is 24.7. The van der Waals surface area contributed by atoms with Crippen molar-refractivity contribution in [1.82, 2.24) is 0 Å². The summed E-state index contributed by atoms with van der Waals surface area (Å²) in [6.07, 6.45) is 4.51. The van der Waals surface area contributed by atoms with Crippen molar-refractivity contribution >= 4 is 17.0 Å². The van der Waals surface area contributed by atoms with E-state index in [1.165, 1.54) is 55.6 Å². The molecule has 7 aromatic carbocycles. The van der Waals surface area contributed by atoms with Gasteiger partial charge in [-0.25, -0.2) is 0 Å². The molecule has 240 valence electrons. The van der Waals surface area contributed by atoms with Crippen LogP contribution in [0.3, 0.4) is 0 Å². The van der Waals surface area contributed by atoms with Gasteiger partial charge in [-0.1, -0.05) is 182 Å². The van der Waals surface area contributed by atoms with Crippen molar-refractivity contribution < 1.29 is 0 Å². The molecule has 0 aromatic heterocycles. The van der Waals surface area contributed by atoms with Gasteiger partial charge in [0.25, 0.3) is 0 Å². The summed E-state index contributed by atoms with van der Waals surface area (Å²) in [5.41, 5.74) is 15.5. The molecule has 0 spiro atoms.